The molecular weight excluding hydrogens is 1450 g/mol. The number of ether oxygens (including phenoxy) is 4. The van der Waals surface area contributed by atoms with Gasteiger partial charge < -0.3 is 33.8 Å². The molecule has 0 aliphatic heterocycles. The highest BCUT2D eigenvalue weighted by Crippen LogP contribution is 2.45. The van der Waals surface area contributed by atoms with Crippen molar-refractivity contribution in [2.75, 3.05) is 39.6 Å². The van der Waals surface area contributed by atoms with Gasteiger partial charge in [0.1, 0.15) is 19.3 Å². The van der Waals surface area contributed by atoms with E-state index in [9.17, 15) is 43.2 Å². The molecule has 0 aromatic carbocycles. The Labute approximate surface area is 689 Å². The molecule has 0 fully saturated rings. The SMILES string of the molecule is CCCCCCCCCCCCCCCCCCCCCCC(=O)OC[C@H](COP(=O)(O)OC[C@@H](O)COP(=O)(O)OC[C@@H](COC(=O)CCCCCCCCCCCC(C)C)OC(=O)CCCCCCCCCCCCCCCCCCC(C)C)OC(=O)CCCCCCCCCCCCCCCCCCCCC(C)C. The zero-order chi connectivity index (χ0) is 82.2. The topological polar surface area (TPSA) is 237 Å². The summed E-state index contributed by atoms with van der Waals surface area (Å²) in [7, 11) is -9.94. The summed E-state index contributed by atoms with van der Waals surface area (Å²) in [6.07, 6.45) is 76.5. The summed E-state index contributed by atoms with van der Waals surface area (Å²) in [5, 5.41) is 10.7. The van der Waals surface area contributed by atoms with Crippen LogP contribution in [0, 0.1) is 17.8 Å². The number of carbonyl (C=O) groups excluding carboxylic acids is 4. The number of carbonyl (C=O) groups is 4. The third kappa shape index (κ3) is 85.9. The highest BCUT2D eigenvalue weighted by Gasteiger charge is 2.31. The van der Waals surface area contributed by atoms with Crippen molar-refractivity contribution < 1.29 is 80.2 Å². The fraction of sp³-hybridized carbons (Fsp3) is 0.957. The minimum absolute atomic E-state index is 0.108. The third-order valence-corrected chi connectivity index (χ3v) is 23.8. The van der Waals surface area contributed by atoms with Crippen LogP contribution in [-0.4, -0.2) is 96.7 Å². The average molecular weight is 1630 g/mol. The van der Waals surface area contributed by atoms with Crippen molar-refractivity contribution in [1.82, 2.24) is 0 Å². The van der Waals surface area contributed by atoms with Gasteiger partial charge in [-0.2, -0.15) is 0 Å². The standard InChI is InChI=1S/C93H182O17P2/c1-8-9-10-11-12-13-14-15-16-17-18-19-23-29-34-39-46-53-60-67-74-90(95)103-80-88(109-92(97)76-69-62-55-47-40-35-30-24-21-20-22-27-32-37-43-50-57-64-71-84(2)3)82-107-111(99,100)105-78-87(94)79-106-112(101,102)108-83-89(81-104-91(96)75-68-61-54-49-42-45-52-59-66-73-86(6)7)110-93(98)77-70-63-56-48-41-36-31-26-25-28-33-38-44-51-58-65-72-85(4)5/h84-89,94H,8-83H2,1-7H3,(H,99,100)(H,101,102)/t87-,88-,89-/m1/s1. The molecule has 3 N–H and O–H groups in total. The summed E-state index contributed by atoms with van der Waals surface area (Å²) >= 11 is 0. The third-order valence-electron chi connectivity index (χ3n) is 21.9. The zero-order valence-electron chi connectivity index (χ0n) is 74.2. The maximum atomic E-state index is 13.2. The van der Waals surface area contributed by atoms with Crippen LogP contribution in [0.25, 0.3) is 0 Å². The van der Waals surface area contributed by atoms with Gasteiger partial charge in [0.15, 0.2) is 12.2 Å². The minimum atomic E-state index is -4.97. The van der Waals surface area contributed by atoms with Crippen molar-refractivity contribution >= 4 is 39.5 Å². The first-order chi connectivity index (χ1) is 54.2. The van der Waals surface area contributed by atoms with Crippen LogP contribution in [-0.2, 0) is 65.4 Å². The maximum absolute atomic E-state index is 13.2. The van der Waals surface area contributed by atoms with E-state index < -0.39 is 97.5 Å². The molecule has 112 heavy (non-hydrogen) atoms. The molecule has 0 rings (SSSR count). The molecule has 2 unspecified atom stereocenters. The van der Waals surface area contributed by atoms with E-state index >= 15 is 0 Å². The lowest BCUT2D eigenvalue weighted by Gasteiger charge is -2.21. The number of hydrogen-bond donors (Lipinski definition) is 3. The normalized spacial score (nSPS) is 13.8. The highest BCUT2D eigenvalue weighted by atomic mass is 31.2. The van der Waals surface area contributed by atoms with Gasteiger partial charge in [-0.3, -0.25) is 37.3 Å². The summed E-state index contributed by atoms with van der Waals surface area (Å²) in [5.74, 6) is 0.277. The van der Waals surface area contributed by atoms with Crippen LogP contribution in [0.5, 0.6) is 0 Å². The van der Waals surface area contributed by atoms with Gasteiger partial charge in [0.25, 0.3) is 0 Å². The van der Waals surface area contributed by atoms with E-state index in [1.54, 1.807) is 0 Å². The Balaban J connectivity index is 5.25. The highest BCUT2D eigenvalue weighted by molar-refractivity contribution is 7.47. The molecule has 0 saturated heterocycles. The number of esters is 4. The summed E-state index contributed by atoms with van der Waals surface area (Å²) in [6.45, 7) is 12.1. The fourth-order valence-corrected chi connectivity index (χ4v) is 16.2. The van der Waals surface area contributed by atoms with Crippen LogP contribution in [0.15, 0.2) is 0 Å². The molecule has 0 aromatic heterocycles. The van der Waals surface area contributed by atoms with Gasteiger partial charge in [-0.1, -0.05) is 447 Å². The number of aliphatic hydroxyl groups excluding tert-OH is 1. The Kier molecular flexibility index (Phi) is 81.3. The Hall–Kier alpha value is -1.94. The van der Waals surface area contributed by atoms with Crippen molar-refractivity contribution in [1.29, 1.82) is 0 Å². The van der Waals surface area contributed by atoms with Gasteiger partial charge in [0, 0.05) is 25.7 Å². The van der Waals surface area contributed by atoms with Crippen molar-refractivity contribution in [2.24, 2.45) is 17.8 Å². The van der Waals surface area contributed by atoms with E-state index in [1.807, 2.05) is 0 Å². The van der Waals surface area contributed by atoms with E-state index in [0.717, 1.165) is 108 Å². The van der Waals surface area contributed by atoms with Crippen LogP contribution in [0.2, 0.25) is 0 Å². The molecule has 0 saturated carbocycles. The Morgan fingerprint density at radius 3 is 0.607 bits per heavy atom. The number of rotatable bonds is 91. The molecule has 0 aliphatic rings. The Morgan fingerprint density at radius 2 is 0.411 bits per heavy atom. The van der Waals surface area contributed by atoms with Gasteiger partial charge in [0.05, 0.1) is 26.4 Å². The van der Waals surface area contributed by atoms with Gasteiger partial charge in [-0.15, -0.1) is 0 Å². The van der Waals surface area contributed by atoms with Gasteiger partial charge in [-0.05, 0) is 43.4 Å². The second-order valence-electron chi connectivity index (χ2n) is 34.8. The van der Waals surface area contributed by atoms with Crippen LogP contribution >= 0.6 is 15.6 Å². The van der Waals surface area contributed by atoms with E-state index in [2.05, 4.69) is 48.5 Å². The lowest BCUT2D eigenvalue weighted by atomic mass is 10.0. The molecule has 17 nitrogen and oxygen atoms in total. The fourth-order valence-electron chi connectivity index (χ4n) is 14.6. The number of unbranched alkanes of at least 4 members (excludes halogenated alkanes) is 59. The molecule has 0 aliphatic carbocycles. The molecular formula is C93H182O17P2. The molecule has 0 heterocycles. The predicted octanol–water partition coefficient (Wildman–Crippen LogP) is 28.8. The maximum Gasteiger partial charge on any atom is 0.472 e. The van der Waals surface area contributed by atoms with E-state index in [1.165, 1.54) is 308 Å². The molecule has 19 heteroatoms. The molecule has 0 amide bonds. The lowest BCUT2D eigenvalue weighted by Crippen LogP contribution is -2.30. The van der Waals surface area contributed by atoms with E-state index in [4.69, 9.17) is 37.0 Å². The first-order valence-corrected chi connectivity index (χ1v) is 50.8. The van der Waals surface area contributed by atoms with Crippen LogP contribution in [0.4, 0.5) is 0 Å². The molecule has 0 spiro atoms. The first-order valence-electron chi connectivity index (χ1n) is 47.8. The zero-order valence-corrected chi connectivity index (χ0v) is 75.9. The second kappa shape index (κ2) is 82.7. The predicted molar refractivity (Wildman–Crippen MR) is 465 cm³/mol. The van der Waals surface area contributed by atoms with Gasteiger partial charge in [0.2, 0.25) is 0 Å². The smallest absolute Gasteiger partial charge is 0.462 e. The quantitative estimate of drug-likeness (QED) is 0.0222. The number of phosphoric acid groups is 2. The van der Waals surface area contributed by atoms with Crippen LogP contribution in [0.1, 0.15) is 498 Å². The summed E-state index contributed by atoms with van der Waals surface area (Å²) in [5.41, 5.74) is 0. The Morgan fingerprint density at radius 1 is 0.241 bits per heavy atom. The van der Waals surface area contributed by atoms with E-state index in [0.29, 0.717) is 25.7 Å². The van der Waals surface area contributed by atoms with Crippen molar-refractivity contribution in [2.45, 2.75) is 516 Å². The molecule has 0 radical (unpaired) electrons. The summed E-state index contributed by atoms with van der Waals surface area (Å²) < 4.78 is 69.1. The van der Waals surface area contributed by atoms with Crippen molar-refractivity contribution in [3.63, 3.8) is 0 Å². The summed E-state index contributed by atoms with van der Waals surface area (Å²) in [6, 6.07) is 0. The van der Waals surface area contributed by atoms with Crippen LogP contribution in [0.3, 0.4) is 0 Å². The van der Waals surface area contributed by atoms with Crippen LogP contribution < -0.4 is 0 Å². The lowest BCUT2D eigenvalue weighted by molar-refractivity contribution is -0.161. The van der Waals surface area contributed by atoms with Crippen molar-refractivity contribution in [3.05, 3.63) is 0 Å². The monoisotopic (exact) mass is 1630 g/mol. The number of phosphoric ester groups is 2. The molecule has 666 valence electrons. The number of hydrogen-bond acceptors (Lipinski definition) is 15. The van der Waals surface area contributed by atoms with Crippen molar-refractivity contribution in [3.8, 4) is 0 Å². The number of aliphatic hydroxyl groups is 1. The van der Waals surface area contributed by atoms with Gasteiger partial charge in [-0.25, -0.2) is 9.13 Å². The largest absolute Gasteiger partial charge is 0.472 e. The summed E-state index contributed by atoms with van der Waals surface area (Å²) in [4.78, 5) is 73.5. The average Bonchev–Trinajstić information content (AvgIpc) is 0.898. The first kappa shape index (κ1) is 110. The minimum Gasteiger partial charge on any atom is -0.462 e. The second-order valence-corrected chi connectivity index (χ2v) is 37.7. The Bertz CT molecular complexity index is 2150. The molecule has 5 atom stereocenters. The van der Waals surface area contributed by atoms with Gasteiger partial charge >= 0.3 is 39.5 Å². The molecule has 0 bridgehead atoms. The van der Waals surface area contributed by atoms with E-state index in [-0.39, 0.29) is 25.7 Å². The molecule has 0 aromatic rings.